The predicted octanol–water partition coefficient (Wildman–Crippen LogP) is 2.24. The first-order chi connectivity index (χ1) is 9.95. The van der Waals surface area contributed by atoms with Gasteiger partial charge in [-0.25, -0.2) is 0 Å². The molecule has 6 nitrogen and oxygen atoms in total. The average molecular weight is 370 g/mol. The Morgan fingerprint density at radius 3 is 2.71 bits per heavy atom. The zero-order valence-electron chi connectivity index (χ0n) is 11.0. The molecule has 0 bridgehead atoms. The van der Waals surface area contributed by atoms with Crippen molar-refractivity contribution < 1.29 is 14.7 Å². The molecule has 0 aliphatic carbocycles. The van der Waals surface area contributed by atoms with E-state index in [4.69, 9.17) is 5.11 Å². The summed E-state index contributed by atoms with van der Waals surface area (Å²) in [6, 6.07) is 7.60. The molecule has 1 amide bonds. The Kier molecular flexibility index (Phi) is 5.13. The lowest BCUT2D eigenvalue weighted by atomic mass is 10.1. The van der Waals surface area contributed by atoms with Gasteiger partial charge in [-0.3, -0.25) is 9.59 Å². The summed E-state index contributed by atoms with van der Waals surface area (Å²) in [7, 11) is 0. The highest BCUT2D eigenvalue weighted by atomic mass is 79.9. The number of benzene rings is 1. The number of amides is 1. The minimum atomic E-state index is -1.02. The van der Waals surface area contributed by atoms with E-state index in [0.717, 1.165) is 21.8 Å². The van der Waals surface area contributed by atoms with Gasteiger partial charge < -0.3 is 10.4 Å². The molecule has 0 unspecified atom stereocenters. The van der Waals surface area contributed by atoms with Crippen LogP contribution in [0.4, 0.5) is 0 Å². The molecule has 1 atom stereocenters. The summed E-state index contributed by atoms with van der Waals surface area (Å²) in [5.74, 6) is -1.36. The van der Waals surface area contributed by atoms with Crippen molar-refractivity contribution in [3.8, 4) is 0 Å². The van der Waals surface area contributed by atoms with Gasteiger partial charge in [0.25, 0.3) is 0 Å². The lowest BCUT2D eigenvalue weighted by Gasteiger charge is -1.99. The maximum Gasteiger partial charge on any atom is 0.305 e. The minimum Gasteiger partial charge on any atom is -0.481 e. The molecule has 1 aliphatic heterocycles. The van der Waals surface area contributed by atoms with E-state index in [1.165, 1.54) is 0 Å². The van der Waals surface area contributed by atoms with Crippen LogP contribution in [-0.4, -0.2) is 33.1 Å². The minimum absolute atomic E-state index is 0.231. The molecule has 0 spiro atoms. The molecule has 0 radical (unpaired) electrons. The molecule has 21 heavy (non-hydrogen) atoms. The maximum absolute atomic E-state index is 11.5. The Morgan fingerprint density at radius 1 is 1.43 bits per heavy atom. The SMILES string of the molecule is C/C(=N\N=C1NC(=O)[C@H](CC(=O)O)S1)c1ccc(Br)cc1. The van der Waals surface area contributed by atoms with Crippen molar-refractivity contribution in [3.05, 3.63) is 34.3 Å². The summed E-state index contributed by atoms with van der Waals surface area (Å²) < 4.78 is 0.973. The van der Waals surface area contributed by atoms with Crippen LogP contribution >= 0.6 is 27.7 Å². The second-order valence-electron chi connectivity index (χ2n) is 4.29. The molecule has 1 aromatic rings. The molecular weight excluding hydrogens is 358 g/mol. The molecular formula is C13H12BrN3O3S. The van der Waals surface area contributed by atoms with Gasteiger partial charge in [0.05, 0.1) is 12.1 Å². The fourth-order valence-corrected chi connectivity index (χ4v) is 2.79. The van der Waals surface area contributed by atoms with Gasteiger partial charge in [-0.2, -0.15) is 5.10 Å². The Balaban J connectivity index is 2.07. The van der Waals surface area contributed by atoms with Crippen LogP contribution in [0.1, 0.15) is 18.9 Å². The van der Waals surface area contributed by atoms with Crippen LogP contribution in [0, 0.1) is 0 Å². The number of hydrogen-bond acceptors (Lipinski definition) is 5. The third-order valence-electron chi connectivity index (χ3n) is 2.69. The first-order valence-electron chi connectivity index (χ1n) is 6.03. The third kappa shape index (κ3) is 4.40. The molecule has 2 N–H and O–H groups in total. The van der Waals surface area contributed by atoms with Crippen LogP contribution in [0.15, 0.2) is 38.9 Å². The number of hydrogen-bond donors (Lipinski definition) is 2. The van der Waals surface area contributed by atoms with E-state index in [9.17, 15) is 9.59 Å². The van der Waals surface area contributed by atoms with Crippen molar-refractivity contribution >= 4 is 50.4 Å². The van der Waals surface area contributed by atoms with Crippen LogP contribution in [-0.2, 0) is 9.59 Å². The third-order valence-corrected chi connectivity index (χ3v) is 4.29. The summed E-state index contributed by atoms with van der Waals surface area (Å²) in [6.07, 6.45) is -0.231. The van der Waals surface area contributed by atoms with E-state index in [-0.39, 0.29) is 12.3 Å². The van der Waals surface area contributed by atoms with E-state index >= 15 is 0 Å². The first kappa shape index (κ1) is 15.7. The summed E-state index contributed by atoms with van der Waals surface area (Å²) in [4.78, 5) is 22.2. The Bertz CT molecular complexity index is 628. The second-order valence-corrected chi connectivity index (χ2v) is 6.40. The van der Waals surface area contributed by atoms with Gasteiger partial charge in [-0.15, -0.1) is 5.10 Å². The number of amidine groups is 1. The summed E-state index contributed by atoms with van der Waals surface area (Å²) in [5, 5.41) is 18.9. The van der Waals surface area contributed by atoms with E-state index in [1.54, 1.807) is 0 Å². The number of carbonyl (C=O) groups is 2. The Hall–Kier alpha value is -1.67. The van der Waals surface area contributed by atoms with Gasteiger partial charge in [-0.1, -0.05) is 39.8 Å². The number of halogens is 1. The fourth-order valence-electron chi connectivity index (χ4n) is 1.61. The number of carboxylic acid groups (broad SMARTS) is 1. The molecule has 1 fully saturated rings. The summed E-state index contributed by atoms with van der Waals surface area (Å²) >= 11 is 4.43. The van der Waals surface area contributed by atoms with Crippen molar-refractivity contribution in [3.63, 3.8) is 0 Å². The molecule has 0 saturated carbocycles. The van der Waals surface area contributed by atoms with Gasteiger partial charge in [-0.05, 0) is 24.6 Å². The average Bonchev–Trinajstić information content (AvgIpc) is 2.77. The maximum atomic E-state index is 11.5. The fraction of sp³-hybridized carbons (Fsp3) is 0.231. The van der Waals surface area contributed by atoms with E-state index in [1.807, 2.05) is 31.2 Å². The van der Waals surface area contributed by atoms with Crippen molar-refractivity contribution in [1.82, 2.24) is 5.32 Å². The molecule has 8 heteroatoms. The molecule has 0 aromatic heterocycles. The highest BCUT2D eigenvalue weighted by Crippen LogP contribution is 2.22. The monoisotopic (exact) mass is 369 g/mol. The van der Waals surface area contributed by atoms with Gasteiger partial charge >= 0.3 is 5.97 Å². The van der Waals surface area contributed by atoms with Crippen molar-refractivity contribution in [2.24, 2.45) is 10.2 Å². The van der Waals surface area contributed by atoms with Gasteiger partial charge in [0, 0.05) is 4.47 Å². The standard InChI is InChI=1S/C13H12BrN3O3S/c1-7(8-2-4-9(14)5-3-8)16-17-13-15-12(20)10(21-13)6-11(18)19/h2-5,10H,6H2,1H3,(H,18,19)(H,15,17,20)/b16-7+/t10-/m0/s1. The van der Waals surface area contributed by atoms with E-state index in [0.29, 0.717) is 10.9 Å². The highest BCUT2D eigenvalue weighted by Gasteiger charge is 2.32. The number of thioether (sulfide) groups is 1. The number of nitrogens with zero attached hydrogens (tertiary/aromatic N) is 2. The Labute approximate surface area is 133 Å². The number of carbonyl (C=O) groups excluding carboxylic acids is 1. The van der Waals surface area contributed by atoms with Crippen LogP contribution < -0.4 is 5.32 Å². The van der Waals surface area contributed by atoms with Crippen molar-refractivity contribution in [2.45, 2.75) is 18.6 Å². The first-order valence-corrected chi connectivity index (χ1v) is 7.70. The smallest absolute Gasteiger partial charge is 0.305 e. The lowest BCUT2D eigenvalue weighted by molar-refractivity contribution is -0.138. The van der Waals surface area contributed by atoms with Gasteiger partial charge in [0.15, 0.2) is 5.17 Å². The van der Waals surface area contributed by atoms with Gasteiger partial charge in [0.1, 0.15) is 5.25 Å². The molecule has 1 heterocycles. The normalized spacial score (nSPS) is 20.7. The van der Waals surface area contributed by atoms with E-state index in [2.05, 4.69) is 31.4 Å². The van der Waals surface area contributed by atoms with Crippen LogP contribution in [0.25, 0.3) is 0 Å². The van der Waals surface area contributed by atoms with E-state index < -0.39 is 11.2 Å². The van der Waals surface area contributed by atoms with Crippen LogP contribution in [0.3, 0.4) is 0 Å². The highest BCUT2D eigenvalue weighted by molar-refractivity contribution is 9.10. The number of carboxylic acids is 1. The largest absolute Gasteiger partial charge is 0.481 e. The number of nitrogens with one attached hydrogen (secondary N) is 1. The topological polar surface area (TPSA) is 91.1 Å². The summed E-state index contributed by atoms with van der Waals surface area (Å²) in [6.45, 7) is 1.81. The number of aliphatic carboxylic acids is 1. The van der Waals surface area contributed by atoms with Crippen molar-refractivity contribution in [1.29, 1.82) is 0 Å². The van der Waals surface area contributed by atoms with Crippen LogP contribution in [0.2, 0.25) is 0 Å². The number of rotatable bonds is 4. The molecule has 1 aliphatic rings. The quantitative estimate of drug-likeness (QED) is 0.628. The lowest BCUT2D eigenvalue weighted by Crippen LogP contribution is -2.26. The molecule has 110 valence electrons. The second kappa shape index (κ2) is 6.86. The summed E-state index contributed by atoms with van der Waals surface area (Å²) in [5.41, 5.74) is 1.62. The molecule has 2 rings (SSSR count). The van der Waals surface area contributed by atoms with Crippen LogP contribution in [0.5, 0.6) is 0 Å². The zero-order chi connectivity index (χ0) is 15.4. The van der Waals surface area contributed by atoms with Crippen molar-refractivity contribution in [2.75, 3.05) is 0 Å². The molecule has 1 saturated heterocycles. The predicted molar refractivity (Wildman–Crippen MR) is 85.6 cm³/mol. The molecule has 1 aromatic carbocycles. The zero-order valence-corrected chi connectivity index (χ0v) is 13.4. The van der Waals surface area contributed by atoms with Gasteiger partial charge in [0.2, 0.25) is 5.91 Å². The Morgan fingerprint density at radius 2 is 2.10 bits per heavy atom.